The first-order valence-corrected chi connectivity index (χ1v) is 4.51. The fourth-order valence-electron chi connectivity index (χ4n) is 1.06. The van der Waals surface area contributed by atoms with Gasteiger partial charge in [-0.05, 0) is 14.1 Å². The van der Waals surface area contributed by atoms with Gasteiger partial charge in [0.2, 0.25) is 0 Å². The number of carbonyl (C=O) groups excluding carboxylic acids is 1. The third-order valence-corrected chi connectivity index (χ3v) is 1.87. The molecule has 1 rings (SSSR count). The van der Waals surface area contributed by atoms with Crippen LogP contribution in [0.5, 0.6) is 0 Å². The number of hydrogen-bond donors (Lipinski definition) is 1. The highest BCUT2D eigenvalue weighted by Crippen LogP contribution is 1.92. The quantitative estimate of drug-likeness (QED) is 0.720. The van der Waals surface area contributed by atoms with Gasteiger partial charge < -0.3 is 14.8 Å². The molecule has 1 heterocycles. The second kappa shape index (κ2) is 4.76. The van der Waals surface area contributed by atoms with Gasteiger partial charge in [-0.25, -0.2) is 4.98 Å². The number of carbonyl (C=O) groups is 1. The highest BCUT2D eigenvalue weighted by molar-refractivity contribution is 5.90. The van der Waals surface area contributed by atoms with Crippen LogP contribution in [-0.4, -0.2) is 47.5 Å². The van der Waals surface area contributed by atoms with Crippen molar-refractivity contribution in [1.29, 1.82) is 0 Å². The Hall–Kier alpha value is -1.36. The van der Waals surface area contributed by atoms with Crippen molar-refractivity contribution in [3.05, 3.63) is 18.2 Å². The molecule has 0 unspecified atom stereocenters. The lowest BCUT2D eigenvalue weighted by atomic mass is 10.5. The maximum absolute atomic E-state index is 11.5. The Morgan fingerprint density at radius 2 is 2.36 bits per heavy atom. The zero-order valence-electron chi connectivity index (χ0n) is 8.82. The molecule has 0 aliphatic rings. The minimum atomic E-state index is -0.126. The Morgan fingerprint density at radius 1 is 1.64 bits per heavy atom. The van der Waals surface area contributed by atoms with Gasteiger partial charge in [0.15, 0.2) is 5.82 Å². The van der Waals surface area contributed by atoms with Crippen molar-refractivity contribution in [3.8, 4) is 0 Å². The van der Waals surface area contributed by atoms with Crippen molar-refractivity contribution in [2.45, 2.75) is 0 Å². The molecule has 0 aliphatic heterocycles. The van der Waals surface area contributed by atoms with Gasteiger partial charge in [-0.3, -0.25) is 4.79 Å². The molecule has 14 heavy (non-hydrogen) atoms. The summed E-state index contributed by atoms with van der Waals surface area (Å²) in [6.07, 6.45) is 3.36. The summed E-state index contributed by atoms with van der Waals surface area (Å²) in [5.41, 5.74) is 0. The lowest BCUT2D eigenvalue weighted by Gasteiger charge is -2.09. The summed E-state index contributed by atoms with van der Waals surface area (Å²) in [4.78, 5) is 17.5. The lowest BCUT2D eigenvalue weighted by molar-refractivity contribution is 0.0937. The van der Waals surface area contributed by atoms with E-state index in [2.05, 4.69) is 10.3 Å². The molecular formula is C9H16N4O. The van der Waals surface area contributed by atoms with E-state index >= 15 is 0 Å². The Labute approximate surface area is 83.7 Å². The normalized spacial score (nSPS) is 10.6. The van der Waals surface area contributed by atoms with Crippen LogP contribution in [0.15, 0.2) is 12.4 Å². The minimum Gasteiger partial charge on any atom is -0.348 e. The van der Waals surface area contributed by atoms with Crippen molar-refractivity contribution in [3.63, 3.8) is 0 Å². The van der Waals surface area contributed by atoms with Gasteiger partial charge in [-0.15, -0.1) is 0 Å². The summed E-state index contributed by atoms with van der Waals surface area (Å²) < 4.78 is 1.70. The molecule has 5 nitrogen and oxygen atoms in total. The van der Waals surface area contributed by atoms with Gasteiger partial charge in [0.1, 0.15) is 0 Å². The number of aryl methyl sites for hydroxylation is 1. The molecular weight excluding hydrogens is 180 g/mol. The molecule has 0 radical (unpaired) electrons. The van der Waals surface area contributed by atoms with Crippen LogP contribution in [0.4, 0.5) is 0 Å². The SMILES string of the molecule is CN(C)CCNC(=O)c1nccn1C. The molecule has 1 amide bonds. The topological polar surface area (TPSA) is 50.2 Å². The summed E-state index contributed by atoms with van der Waals surface area (Å²) in [7, 11) is 5.73. The van der Waals surface area contributed by atoms with E-state index in [9.17, 15) is 4.79 Å². The van der Waals surface area contributed by atoms with Gasteiger partial charge in [0.05, 0.1) is 0 Å². The predicted molar refractivity (Wildman–Crippen MR) is 54.1 cm³/mol. The summed E-state index contributed by atoms with van der Waals surface area (Å²) in [6.45, 7) is 1.47. The Kier molecular flexibility index (Phi) is 3.64. The van der Waals surface area contributed by atoms with E-state index in [4.69, 9.17) is 0 Å². The molecule has 78 valence electrons. The van der Waals surface area contributed by atoms with Crippen LogP contribution in [-0.2, 0) is 7.05 Å². The highest BCUT2D eigenvalue weighted by Gasteiger charge is 2.09. The second-order valence-corrected chi connectivity index (χ2v) is 3.42. The summed E-state index contributed by atoms with van der Waals surface area (Å²) in [6, 6.07) is 0. The predicted octanol–water partition coefficient (Wildman–Crippen LogP) is -0.288. The van der Waals surface area contributed by atoms with Gasteiger partial charge in [-0.2, -0.15) is 0 Å². The molecule has 1 N–H and O–H groups in total. The van der Waals surface area contributed by atoms with E-state index in [-0.39, 0.29) is 5.91 Å². The Bertz CT molecular complexity index is 306. The molecule has 0 saturated heterocycles. The molecule has 0 bridgehead atoms. The first-order valence-electron chi connectivity index (χ1n) is 4.51. The molecule has 0 spiro atoms. The average Bonchev–Trinajstić information content (AvgIpc) is 2.50. The van der Waals surface area contributed by atoms with E-state index < -0.39 is 0 Å². The molecule has 0 saturated carbocycles. The van der Waals surface area contributed by atoms with Crippen LogP contribution in [0.1, 0.15) is 10.6 Å². The monoisotopic (exact) mass is 196 g/mol. The van der Waals surface area contributed by atoms with Crippen molar-refractivity contribution in [2.75, 3.05) is 27.2 Å². The number of amides is 1. The standard InChI is InChI=1S/C9H16N4O/c1-12(2)6-4-11-9(14)8-10-5-7-13(8)3/h5,7H,4,6H2,1-3H3,(H,11,14). The maximum Gasteiger partial charge on any atom is 0.287 e. The summed E-state index contributed by atoms with van der Waals surface area (Å²) in [5, 5.41) is 2.79. The van der Waals surface area contributed by atoms with E-state index in [1.165, 1.54) is 0 Å². The maximum atomic E-state index is 11.5. The number of hydrogen-bond acceptors (Lipinski definition) is 3. The molecule has 0 aliphatic carbocycles. The van der Waals surface area contributed by atoms with Crippen LogP contribution in [0, 0.1) is 0 Å². The van der Waals surface area contributed by atoms with Crippen LogP contribution >= 0.6 is 0 Å². The number of nitrogens with zero attached hydrogens (tertiary/aromatic N) is 3. The highest BCUT2D eigenvalue weighted by atomic mass is 16.2. The first-order chi connectivity index (χ1) is 6.61. The largest absolute Gasteiger partial charge is 0.348 e. The Morgan fingerprint density at radius 3 is 2.86 bits per heavy atom. The number of likely N-dealkylation sites (N-methyl/N-ethyl adjacent to an activating group) is 1. The summed E-state index contributed by atoms with van der Waals surface area (Å²) >= 11 is 0. The first kappa shape index (κ1) is 10.7. The minimum absolute atomic E-state index is 0.126. The fraction of sp³-hybridized carbons (Fsp3) is 0.556. The Balaban J connectivity index is 2.40. The number of nitrogens with one attached hydrogen (secondary N) is 1. The molecule has 0 atom stereocenters. The van der Waals surface area contributed by atoms with Crippen LogP contribution in [0.25, 0.3) is 0 Å². The lowest BCUT2D eigenvalue weighted by Crippen LogP contribution is -2.32. The van der Waals surface area contributed by atoms with E-state index in [0.29, 0.717) is 12.4 Å². The molecule has 0 fully saturated rings. The van der Waals surface area contributed by atoms with Gasteiger partial charge in [0, 0.05) is 32.5 Å². The van der Waals surface area contributed by atoms with Crippen molar-refractivity contribution in [2.24, 2.45) is 7.05 Å². The number of imidazole rings is 1. The van der Waals surface area contributed by atoms with Gasteiger partial charge >= 0.3 is 0 Å². The second-order valence-electron chi connectivity index (χ2n) is 3.42. The van der Waals surface area contributed by atoms with Crippen LogP contribution in [0.2, 0.25) is 0 Å². The molecule has 0 aromatic carbocycles. The van der Waals surface area contributed by atoms with Crippen LogP contribution < -0.4 is 5.32 Å². The summed E-state index contributed by atoms with van der Waals surface area (Å²) in [5.74, 6) is 0.322. The zero-order valence-corrected chi connectivity index (χ0v) is 8.82. The number of aromatic nitrogens is 2. The number of rotatable bonds is 4. The smallest absolute Gasteiger partial charge is 0.287 e. The average molecular weight is 196 g/mol. The molecule has 1 aromatic heterocycles. The van der Waals surface area contributed by atoms with E-state index in [1.807, 2.05) is 19.0 Å². The molecule has 5 heteroatoms. The van der Waals surface area contributed by atoms with E-state index in [0.717, 1.165) is 6.54 Å². The third-order valence-electron chi connectivity index (χ3n) is 1.87. The van der Waals surface area contributed by atoms with Gasteiger partial charge in [0.25, 0.3) is 5.91 Å². The van der Waals surface area contributed by atoms with Crippen molar-refractivity contribution < 1.29 is 4.79 Å². The van der Waals surface area contributed by atoms with Crippen molar-refractivity contribution >= 4 is 5.91 Å². The fourth-order valence-corrected chi connectivity index (χ4v) is 1.06. The van der Waals surface area contributed by atoms with Crippen LogP contribution in [0.3, 0.4) is 0 Å². The van der Waals surface area contributed by atoms with E-state index in [1.54, 1.807) is 24.0 Å². The molecule has 1 aromatic rings. The van der Waals surface area contributed by atoms with Crippen molar-refractivity contribution in [1.82, 2.24) is 19.8 Å². The third kappa shape index (κ3) is 2.85. The van der Waals surface area contributed by atoms with Gasteiger partial charge in [-0.1, -0.05) is 0 Å². The zero-order chi connectivity index (χ0) is 10.6.